The first-order valence-electron chi connectivity index (χ1n) is 7.24. The topological polar surface area (TPSA) is 44.5 Å². The van der Waals surface area contributed by atoms with Gasteiger partial charge in [0.2, 0.25) is 0 Å². The molecule has 0 heterocycles. The molecule has 0 saturated heterocycles. The third-order valence-corrected chi connectivity index (χ3v) is 4.05. The zero-order valence-electron chi connectivity index (χ0n) is 12.0. The van der Waals surface area contributed by atoms with E-state index in [9.17, 15) is 0 Å². The van der Waals surface area contributed by atoms with E-state index in [1.165, 1.54) is 19.3 Å². The third kappa shape index (κ3) is 3.71. The molecule has 1 fully saturated rings. The SMILES string of the molecule is COc1cccc(C(CN)OC2CCCCC2C)c1. The molecule has 2 rings (SSSR count). The quantitative estimate of drug-likeness (QED) is 0.886. The lowest BCUT2D eigenvalue weighted by atomic mass is 9.87. The van der Waals surface area contributed by atoms with Gasteiger partial charge in [0.25, 0.3) is 0 Å². The first-order valence-corrected chi connectivity index (χ1v) is 7.24. The minimum Gasteiger partial charge on any atom is -0.497 e. The van der Waals surface area contributed by atoms with E-state index in [1.54, 1.807) is 7.11 Å². The summed E-state index contributed by atoms with van der Waals surface area (Å²) in [6, 6.07) is 8.02. The Hall–Kier alpha value is -1.06. The lowest BCUT2D eigenvalue weighted by Gasteiger charge is -2.32. The molecule has 0 aliphatic heterocycles. The molecule has 1 aliphatic carbocycles. The van der Waals surface area contributed by atoms with Gasteiger partial charge in [-0.1, -0.05) is 31.9 Å². The van der Waals surface area contributed by atoms with Gasteiger partial charge in [-0.3, -0.25) is 0 Å². The van der Waals surface area contributed by atoms with Crippen molar-refractivity contribution in [1.29, 1.82) is 0 Å². The maximum absolute atomic E-state index is 6.26. The Bertz CT molecular complexity index is 394. The van der Waals surface area contributed by atoms with E-state index in [-0.39, 0.29) is 6.10 Å². The minimum atomic E-state index is -0.0272. The van der Waals surface area contributed by atoms with Gasteiger partial charge < -0.3 is 15.2 Å². The highest BCUT2D eigenvalue weighted by molar-refractivity contribution is 5.30. The first kappa shape index (κ1) is 14.4. The average molecular weight is 263 g/mol. The van der Waals surface area contributed by atoms with Crippen molar-refractivity contribution in [3.05, 3.63) is 29.8 Å². The Morgan fingerprint density at radius 3 is 2.79 bits per heavy atom. The number of methoxy groups -OCH3 is 1. The van der Waals surface area contributed by atoms with E-state index in [1.807, 2.05) is 18.2 Å². The Kier molecular flexibility index (Phi) is 5.23. The maximum atomic E-state index is 6.26. The Labute approximate surface area is 116 Å². The van der Waals surface area contributed by atoms with Gasteiger partial charge in [0.15, 0.2) is 0 Å². The van der Waals surface area contributed by atoms with Crippen molar-refractivity contribution in [2.45, 2.75) is 44.8 Å². The fourth-order valence-corrected chi connectivity index (χ4v) is 2.81. The van der Waals surface area contributed by atoms with Crippen LogP contribution >= 0.6 is 0 Å². The van der Waals surface area contributed by atoms with Crippen molar-refractivity contribution in [3.8, 4) is 5.75 Å². The number of nitrogens with two attached hydrogens (primary N) is 1. The molecular formula is C16H25NO2. The van der Waals surface area contributed by atoms with Gasteiger partial charge >= 0.3 is 0 Å². The molecule has 0 aromatic heterocycles. The smallest absolute Gasteiger partial charge is 0.119 e. The molecule has 0 amide bonds. The summed E-state index contributed by atoms with van der Waals surface area (Å²) in [5, 5.41) is 0. The number of benzene rings is 1. The molecule has 1 aromatic rings. The summed E-state index contributed by atoms with van der Waals surface area (Å²) in [4.78, 5) is 0. The number of hydrogen-bond donors (Lipinski definition) is 1. The van der Waals surface area contributed by atoms with Crippen molar-refractivity contribution in [2.24, 2.45) is 11.7 Å². The highest BCUT2D eigenvalue weighted by atomic mass is 16.5. The molecule has 19 heavy (non-hydrogen) atoms. The minimum absolute atomic E-state index is 0.0272. The Balaban J connectivity index is 2.06. The van der Waals surface area contributed by atoms with Crippen LogP contribution in [0.15, 0.2) is 24.3 Å². The highest BCUT2D eigenvalue weighted by Gasteiger charge is 2.25. The van der Waals surface area contributed by atoms with Crippen LogP contribution in [0, 0.1) is 5.92 Å². The van der Waals surface area contributed by atoms with Crippen LogP contribution in [0.5, 0.6) is 5.75 Å². The molecule has 1 aromatic carbocycles. The summed E-state index contributed by atoms with van der Waals surface area (Å²) < 4.78 is 11.5. The second-order valence-electron chi connectivity index (χ2n) is 5.44. The molecule has 2 N–H and O–H groups in total. The second kappa shape index (κ2) is 6.92. The molecule has 3 atom stereocenters. The second-order valence-corrected chi connectivity index (χ2v) is 5.44. The number of rotatable bonds is 5. The first-order chi connectivity index (χ1) is 9.24. The molecule has 3 nitrogen and oxygen atoms in total. The van der Waals surface area contributed by atoms with E-state index in [4.69, 9.17) is 15.2 Å². The van der Waals surface area contributed by atoms with Crippen LogP contribution in [0.4, 0.5) is 0 Å². The fraction of sp³-hybridized carbons (Fsp3) is 0.625. The summed E-state index contributed by atoms with van der Waals surface area (Å²) in [7, 11) is 1.68. The van der Waals surface area contributed by atoms with E-state index in [2.05, 4.69) is 13.0 Å². The van der Waals surface area contributed by atoms with Gasteiger partial charge in [0.1, 0.15) is 5.75 Å². The largest absolute Gasteiger partial charge is 0.497 e. The molecule has 1 saturated carbocycles. The van der Waals surface area contributed by atoms with Gasteiger partial charge in [0.05, 0.1) is 19.3 Å². The summed E-state index contributed by atoms with van der Waals surface area (Å²) in [6.07, 6.45) is 5.33. The zero-order valence-corrected chi connectivity index (χ0v) is 12.0. The van der Waals surface area contributed by atoms with Crippen molar-refractivity contribution in [2.75, 3.05) is 13.7 Å². The maximum Gasteiger partial charge on any atom is 0.119 e. The molecule has 3 unspecified atom stereocenters. The van der Waals surface area contributed by atoms with E-state index in [0.717, 1.165) is 17.7 Å². The van der Waals surface area contributed by atoms with Crippen LogP contribution in [0.2, 0.25) is 0 Å². The Morgan fingerprint density at radius 1 is 1.32 bits per heavy atom. The van der Waals surface area contributed by atoms with Crippen LogP contribution in [0.1, 0.15) is 44.3 Å². The fourth-order valence-electron chi connectivity index (χ4n) is 2.81. The summed E-state index contributed by atoms with van der Waals surface area (Å²) in [5.41, 5.74) is 7.00. The van der Waals surface area contributed by atoms with Crippen LogP contribution in [-0.4, -0.2) is 19.8 Å². The number of ether oxygens (including phenoxy) is 2. The van der Waals surface area contributed by atoms with E-state index < -0.39 is 0 Å². The van der Waals surface area contributed by atoms with Crippen LogP contribution in [0.25, 0.3) is 0 Å². The number of hydrogen-bond acceptors (Lipinski definition) is 3. The summed E-state index contributed by atoms with van der Waals surface area (Å²) >= 11 is 0. The highest BCUT2D eigenvalue weighted by Crippen LogP contribution is 2.31. The van der Waals surface area contributed by atoms with Crippen molar-refractivity contribution in [1.82, 2.24) is 0 Å². The standard InChI is InChI=1S/C16H25NO2/c1-12-6-3-4-9-15(12)19-16(11-17)13-7-5-8-14(10-13)18-2/h5,7-8,10,12,15-16H,3-4,6,9,11,17H2,1-2H3. The zero-order chi connectivity index (χ0) is 13.7. The van der Waals surface area contributed by atoms with E-state index >= 15 is 0 Å². The van der Waals surface area contributed by atoms with E-state index in [0.29, 0.717) is 18.6 Å². The summed E-state index contributed by atoms with van der Waals surface area (Å²) in [6.45, 7) is 2.79. The third-order valence-electron chi connectivity index (χ3n) is 4.05. The van der Waals surface area contributed by atoms with Gasteiger partial charge in [-0.2, -0.15) is 0 Å². The molecule has 1 aliphatic rings. The normalized spacial score (nSPS) is 25.0. The lowest BCUT2D eigenvalue weighted by molar-refractivity contribution is -0.0533. The van der Waals surface area contributed by atoms with Crippen LogP contribution in [-0.2, 0) is 4.74 Å². The van der Waals surface area contributed by atoms with Gasteiger partial charge in [-0.05, 0) is 36.5 Å². The monoisotopic (exact) mass is 263 g/mol. The predicted octanol–water partition coefficient (Wildman–Crippen LogP) is 3.29. The van der Waals surface area contributed by atoms with Crippen LogP contribution < -0.4 is 10.5 Å². The molecule has 0 bridgehead atoms. The molecule has 0 spiro atoms. The molecule has 3 heteroatoms. The van der Waals surface area contributed by atoms with Gasteiger partial charge in [-0.25, -0.2) is 0 Å². The Morgan fingerprint density at radius 2 is 2.11 bits per heavy atom. The van der Waals surface area contributed by atoms with Crippen molar-refractivity contribution < 1.29 is 9.47 Å². The molecule has 0 radical (unpaired) electrons. The molecule has 106 valence electrons. The summed E-state index contributed by atoms with van der Waals surface area (Å²) in [5.74, 6) is 1.49. The lowest BCUT2D eigenvalue weighted by Crippen LogP contribution is -2.30. The van der Waals surface area contributed by atoms with Crippen LogP contribution in [0.3, 0.4) is 0 Å². The van der Waals surface area contributed by atoms with Gasteiger partial charge in [-0.15, -0.1) is 0 Å². The predicted molar refractivity (Wildman–Crippen MR) is 77.3 cm³/mol. The molecular weight excluding hydrogens is 238 g/mol. The average Bonchev–Trinajstić information content (AvgIpc) is 2.46. The van der Waals surface area contributed by atoms with Gasteiger partial charge in [0, 0.05) is 6.54 Å². The van der Waals surface area contributed by atoms with Crippen molar-refractivity contribution >= 4 is 0 Å². The van der Waals surface area contributed by atoms with Crippen molar-refractivity contribution in [3.63, 3.8) is 0 Å².